The first kappa shape index (κ1) is 17.8. The van der Waals surface area contributed by atoms with Crippen molar-refractivity contribution in [3.63, 3.8) is 0 Å². The normalized spacial score (nSPS) is 22.8. The summed E-state index contributed by atoms with van der Waals surface area (Å²) in [6.45, 7) is 5.35. The lowest BCUT2D eigenvalue weighted by Gasteiger charge is -2.47. The summed E-state index contributed by atoms with van der Waals surface area (Å²) in [5, 5.41) is 0.666. The van der Waals surface area contributed by atoms with Crippen LogP contribution < -0.4 is 0 Å². The molecule has 0 N–H and O–H groups in total. The molecule has 0 atom stereocenters. The molecule has 1 aromatic carbocycles. The summed E-state index contributed by atoms with van der Waals surface area (Å²) in [6.07, 6.45) is 6.21. The number of benzene rings is 1. The Morgan fingerprint density at radius 2 is 1.96 bits per heavy atom. The molecule has 1 spiro atoms. The lowest BCUT2D eigenvalue weighted by atomic mass is 9.72. The molecule has 2 saturated heterocycles. The zero-order valence-corrected chi connectivity index (χ0v) is 16.2. The molecule has 1 aromatic rings. The Bertz CT molecular complexity index is 721. The van der Waals surface area contributed by atoms with Gasteiger partial charge in [-0.2, -0.15) is 0 Å². The van der Waals surface area contributed by atoms with Crippen molar-refractivity contribution in [1.29, 1.82) is 0 Å². The zero-order chi connectivity index (χ0) is 18.3. The number of carbonyl (C=O) groups excluding carboxylic acids is 2. The maximum atomic E-state index is 12.9. The van der Waals surface area contributed by atoms with E-state index in [-0.39, 0.29) is 11.3 Å². The molecule has 1 aliphatic carbocycles. The van der Waals surface area contributed by atoms with Gasteiger partial charge in [-0.05, 0) is 74.1 Å². The molecule has 0 bridgehead atoms. The number of amides is 2. The molecule has 2 heterocycles. The molecule has 2 aliphatic heterocycles. The van der Waals surface area contributed by atoms with Crippen LogP contribution in [0.1, 0.15) is 54.4 Å². The van der Waals surface area contributed by atoms with Crippen molar-refractivity contribution >= 4 is 23.4 Å². The van der Waals surface area contributed by atoms with Gasteiger partial charge in [0.25, 0.3) is 5.91 Å². The van der Waals surface area contributed by atoms with Gasteiger partial charge in [0.05, 0.1) is 0 Å². The highest BCUT2D eigenvalue weighted by atomic mass is 35.5. The van der Waals surface area contributed by atoms with Crippen molar-refractivity contribution in [1.82, 2.24) is 9.80 Å². The van der Waals surface area contributed by atoms with Gasteiger partial charge in [0.1, 0.15) is 0 Å². The van der Waals surface area contributed by atoms with E-state index in [9.17, 15) is 9.59 Å². The number of hydrogen-bond donors (Lipinski definition) is 0. The molecular formula is C21H27ClN2O2. The summed E-state index contributed by atoms with van der Waals surface area (Å²) >= 11 is 6.01. The van der Waals surface area contributed by atoms with Gasteiger partial charge in [-0.15, -0.1) is 0 Å². The molecule has 0 aromatic heterocycles. The topological polar surface area (TPSA) is 40.6 Å². The number of aryl methyl sites for hydroxylation is 1. The lowest BCUT2D eigenvalue weighted by Crippen LogP contribution is -2.52. The van der Waals surface area contributed by atoms with E-state index >= 15 is 0 Å². The molecule has 140 valence electrons. The first-order valence-corrected chi connectivity index (χ1v) is 10.2. The van der Waals surface area contributed by atoms with Crippen LogP contribution >= 0.6 is 11.6 Å². The van der Waals surface area contributed by atoms with Crippen LogP contribution in [0.4, 0.5) is 0 Å². The number of carbonyl (C=O) groups is 2. The highest BCUT2D eigenvalue weighted by Gasteiger charge is 2.42. The minimum atomic E-state index is 0.107. The van der Waals surface area contributed by atoms with Gasteiger partial charge in [0.2, 0.25) is 5.91 Å². The number of nitrogens with zero attached hydrogens (tertiary/aromatic N) is 2. The largest absolute Gasteiger partial charge is 0.342 e. The molecule has 0 radical (unpaired) electrons. The number of likely N-dealkylation sites (tertiary alicyclic amines) is 2. The fraction of sp³-hybridized carbons (Fsp3) is 0.619. The average Bonchev–Trinajstić information content (AvgIpc) is 3.43. The number of hydrogen-bond acceptors (Lipinski definition) is 2. The standard InChI is InChI=1S/C21H27ClN2O2/c1-15-12-17(22)4-5-18(15)20(26)23-10-8-21(9-11-23)7-6-19(25)24(14-21)13-16-2-3-16/h4-5,12,16H,2-3,6-11,13-14H2,1H3. The van der Waals surface area contributed by atoms with Gasteiger partial charge >= 0.3 is 0 Å². The molecule has 1 saturated carbocycles. The Labute approximate surface area is 160 Å². The Hall–Kier alpha value is -1.55. The Balaban J connectivity index is 1.40. The highest BCUT2D eigenvalue weighted by Crippen LogP contribution is 2.42. The Morgan fingerprint density at radius 3 is 2.62 bits per heavy atom. The summed E-state index contributed by atoms with van der Waals surface area (Å²) in [7, 11) is 0. The van der Waals surface area contributed by atoms with E-state index in [1.165, 1.54) is 12.8 Å². The third-order valence-corrected chi connectivity index (χ3v) is 6.69. The van der Waals surface area contributed by atoms with E-state index in [1.807, 2.05) is 24.0 Å². The average molecular weight is 375 g/mol. The van der Waals surface area contributed by atoms with Crippen LogP contribution in [0.2, 0.25) is 5.02 Å². The number of rotatable bonds is 3. The van der Waals surface area contributed by atoms with E-state index < -0.39 is 0 Å². The monoisotopic (exact) mass is 374 g/mol. The smallest absolute Gasteiger partial charge is 0.254 e. The van der Waals surface area contributed by atoms with E-state index in [0.717, 1.165) is 62.5 Å². The second-order valence-electron chi connectivity index (χ2n) is 8.47. The third kappa shape index (κ3) is 3.62. The second kappa shape index (κ2) is 6.88. The van der Waals surface area contributed by atoms with Crippen molar-refractivity contribution < 1.29 is 9.59 Å². The molecule has 2 amide bonds. The third-order valence-electron chi connectivity index (χ3n) is 6.45. The number of piperidine rings is 2. The quantitative estimate of drug-likeness (QED) is 0.804. The summed E-state index contributed by atoms with van der Waals surface area (Å²) < 4.78 is 0. The van der Waals surface area contributed by atoms with Gasteiger partial charge in [-0.3, -0.25) is 9.59 Å². The molecular weight excluding hydrogens is 348 g/mol. The molecule has 26 heavy (non-hydrogen) atoms. The van der Waals surface area contributed by atoms with Crippen LogP contribution in [0.25, 0.3) is 0 Å². The van der Waals surface area contributed by atoms with Crippen molar-refractivity contribution in [3.05, 3.63) is 34.3 Å². The summed E-state index contributed by atoms with van der Waals surface area (Å²) in [5.74, 6) is 1.18. The maximum absolute atomic E-state index is 12.9. The number of halogens is 1. The highest BCUT2D eigenvalue weighted by molar-refractivity contribution is 6.30. The predicted octanol–water partition coefficient (Wildman–Crippen LogP) is 3.90. The summed E-state index contributed by atoms with van der Waals surface area (Å²) in [6, 6.07) is 5.47. The minimum absolute atomic E-state index is 0.107. The van der Waals surface area contributed by atoms with Crippen molar-refractivity contribution in [2.24, 2.45) is 11.3 Å². The minimum Gasteiger partial charge on any atom is -0.342 e. The predicted molar refractivity (Wildman–Crippen MR) is 102 cm³/mol. The zero-order valence-electron chi connectivity index (χ0n) is 15.5. The van der Waals surface area contributed by atoms with E-state index in [2.05, 4.69) is 4.90 Å². The van der Waals surface area contributed by atoms with Gasteiger partial charge in [0.15, 0.2) is 0 Å². The summed E-state index contributed by atoms with van der Waals surface area (Å²) in [4.78, 5) is 29.2. The second-order valence-corrected chi connectivity index (χ2v) is 8.91. The van der Waals surface area contributed by atoms with Gasteiger partial charge in [0, 0.05) is 43.2 Å². The van der Waals surface area contributed by atoms with Crippen molar-refractivity contribution in [3.8, 4) is 0 Å². The van der Waals surface area contributed by atoms with Crippen LogP contribution in [0.5, 0.6) is 0 Å². The van der Waals surface area contributed by atoms with Crippen LogP contribution in [-0.4, -0.2) is 47.8 Å². The van der Waals surface area contributed by atoms with Crippen LogP contribution in [-0.2, 0) is 4.79 Å². The fourth-order valence-electron chi connectivity index (χ4n) is 4.51. The first-order chi connectivity index (χ1) is 12.5. The SMILES string of the molecule is Cc1cc(Cl)ccc1C(=O)N1CCC2(CCC(=O)N(CC3CC3)C2)CC1. The molecule has 5 heteroatoms. The van der Waals surface area contributed by atoms with Crippen LogP contribution in [0, 0.1) is 18.3 Å². The van der Waals surface area contributed by atoms with E-state index in [0.29, 0.717) is 17.4 Å². The van der Waals surface area contributed by atoms with Gasteiger partial charge < -0.3 is 9.80 Å². The van der Waals surface area contributed by atoms with E-state index in [1.54, 1.807) is 6.07 Å². The lowest BCUT2D eigenvalue weighted by molar-refractivity contribution is -0.139. The van der Waals surface area contributed by atoms with Crippen molar-refractivity contribution in [2.45, 2.75) is 45.4 Å². The molecule has 4 nitrogen and oxygen atoms in total. The molecule has 0 unspecified atom stereocenters. The van der Waals surface area contributed by atoms with Crippen molar-refractivity contribution in [2.75, 3.05) is 26.2 Å². The first-order valence-electron chi connectivity index (χ1n) is 9.79. The van der Waals surface area contributed by atoms with Gasteiger partial charge in [-0.1, -0.05) is 11.6 Å². The van der Waals surface area contributed by atoms with Crippen LogP contribution in [0.3, 0.4) is 0 Å². The fourth-order valence-corrected chi connectivity index (χ4v) is 4.74. The molecule has 3 aliphatic rings. The van der Waals surface area contributed by atoms with E-state index in [4.69, 9.17) is 11.6 Å². The Morgan fingerprint density at radius 1 is 1.23 bits per heavy atom. The molecule has 3 fully saturated rings. The summed E-state index contributed by atoms with van der Waals surface area (Å²) in [5.41, 5.74) is 1.90. The van der Waals surface area contributed by atoms with Crippen LogP contribution in [0.15, 0.2) is 18.2 Å². The molecule has 4 rings (SSSR count). The maximum Gasteiger partial charge on any atom is 0.254 e. The van der Waals surface area contributed by atoms with Gasteiger partial charge in [-0.25, -0.2) is 0 Å². The Kier molecular flexibility index (Phi) is 4.72.